The van der Waals surface area contributed by atoms with E-state index in [0.29, 0.717) is 6.61 Å². The number of ether oxygens (including phenoxy) is 1. The van der Waals surface area contributed by atoms with Gasteiger partial charge in [-0.25, -0.2) is 4.98 Å². The molecule has 0 radical (unpaired) electrons. The highest BCUT2D eigenvalue weighted by Crippen LogP contribution is 2.18. The molecule has 3 aromatic rings. The molecule has 1 amide bonds. The summed E-state index contributed by atoms with van der Waals surface area (Å²) in [5.74, 6) is 2.05. The van der Waals surface area contributed by atoms with E-state index in [1.54, 1.807) is 6.92 Å². The predicted octanol–water partition coefficient (Wildman–Crippen LogP) is 4.27. The largest absolute Gasteiger partial charge is 0.492 e. The average Bonchev–Trinajstić information content (AvgIpc) is 3.02. The van der Waals surface area contributed by atoms with Crippen LogP contribution in [0.25, 0.3) is 11.0 Å². The van der Waals surface area contributed by atoms with E-state index in [0.717, 1.165) is 61.4 Å². The molecule has 2 aromatic carbocycles. The van der Waals surface area contributed by atoms with E-state index in [4.69, 9.17) is 9.72 Å². The van der Waals surface area contributed by atoms with Crippen LogP contribution >= 0.6 is 0 Å². The molecule has 0 bridgehead atoms. The Balaban J connectivity index is 1.59. The van der Waals surface area contributed by atoms with Gasteiger partial charge in [0, 0.05) is 19.9 Å². The van der Waals surface area contributed by atoms with Crippen molar-refractivity contribution in [3.8, 4) is 5.75 Å². The molecule has 0 aliphatic rings. The van der Waals surface area contributed by atoms with Crippen molar-refractivity contribution in [2.24, 2.45) is 0 Å². The number of nitrogens with one attached hydrogen (secondary N) is 1. The Morgan fingerprint density at radius 2 is 1.96 bits per heavy atom. The minimum atomic E-state index is 0.0374. The summed E-state index contributed by atoms with van der Waals surface area (Å²) < 4.78 is 8.23. The molecule has 0 unspecified atom stereocenters. The van der Waals surface area contributed by atoms with Crippen LogP contribution in [0.3, 0.4) is 0 Å². The SMILES string of the molecule is CC(=O)NCCCCCc1nc2ccccc2n1CCOc1cccc(C)c1. The zero-order valence-electron chi connectivity index (χ0n) is 16.8. The number of benzene rings is 2. The molecule has 3 rings (SSSR count). The second-order valence-corrected chi connectivity index (χ2v) is 7.13. The molecule has 1 heterocycles. The number of para-hydroxylation sites is 2. The van der Waals surface area contributed by atoms with Gasteiger partial charge in [-0.3, -0.25) is 4.79 Å². The second-order valence-electron chi connectivity index (χ2n) is 7.13. The van der Waals surface area contributed by atoms with Gasteiger partial charge < -0.3 is 14.6 Å². The summed E-state index contributed by atoms with van der Waals surface area (Å²) in [6.45, 7) is 5.76. The first-order valence-corrected chi connectivity index (χ1v) is 10.0. The molecule has 1 aromatic heterocycles. The third-order valence-corrected chi connectivity index (χ3v) is 4.76. The number of amides is 1. The smallest absolute Gasteiger partial charge is 0.216 e. The Morgan fingerprint density at radius 3 is 2.79 bits per heavy atom. The lowest BCUT2D eigenvalue weighted by atomic mass is 10.2. The van der Waals surface area contributed by atoms with Crippen molar-refractivity contribution < 1.29 is 9.53 Å². The molecule has 5 heteroatoms. The van der Waals surface area contributed by atoms with Gasteiger partial charge in [0.1, 0.15) is 18.2 Å². The maximum absolute atomic E-state index is 10.9. The van der Waals surface area contributed by atoms with Crippen LogP contribution < -0.4 is 10.1 Å². The predicted molar refractivity (Wildman–Crippen MR) is 113 cm³/mol. The maximum atomic E-state index is 10.9. The molecular formula is C23H29N3O2. The van der Waals surface area contributed by atoms with Crippen LogP contribution in [-0.4, -0.2) is 28.6 Å². The normalized spacial score (nSPS) is 10.9. The Morgan fingerprint density at radius 1 is 1.11 bits per heavy atom. The molecule has 0 saturated heterocycles. The number of fused-ring (bicyclic) bond motifs is 1. The van der Waals surface area contributed by atoms with Crippen LogP contribution in [0.5, 0.6) is 5.75 Å². The average molecular weight is 380 g/mol. The van der Waals surface area contributed by atoms with Crippen LogP contribution in [0.15, 0.2) is 48.5 Å². The van der Waals surface area contributed by atoms with Gasteiger partial charge in [-0.1, -0.05) is 30.7 Å². The fourth-order valence-electron chi connectivity index (χ4n) is 3.37. The van der Waals surface area contributed by atoms with E-state index in [2.05, 4.69) is 47.1 Å². The van der Waals surface area contributed by atoms with Gasteiger partial charge >= 0.3 is 0 Å². The number of imidazole rings is 1. The fourth-order valence-corrected chi connectivity index (χ4v) is 3.37. The monoisotopic (exact) mass is 379 g/mol. The van der Waals surface area contributed by atoms with Gasteiger partial charge in [0.2, 0.25) is 5.91 Å². The summed E-state index contributed by atoms with van der Waals surface area (Å²) >= 11 is 0. The van der Waals surface area contributed by atoms with Crippen molar-refractivity contribution in [3.63, 3.8) is 0 Å². The van der Waals surface area contributed by atoms with E-state index >= 15 is 0 Å². The quantitative estimate of drug-likeness (QED) is 0.535. The van der Waals surface area contributed by atoms with Crippen LogP contribution in [0.2, 0.25) is 0 Å². The number of rotatable bonds is 10. The van der Waals surface area contributed by atoms with Crippen molar-refractivity contribution in [1.82, 2.24) is 14.9 Å². The topological polar surface area (TPSA) is 56.2 Å². The van der Waals surface area contributed by atoms with Crippen LogP contribution in [-0.2, 0) is 17.8 Å². The molecule has 28 heavy (non-hydrogen) atoms. The number of aryl methyl sites for hydroxylation is 2. The highest BCUT2D eigenvalue weighted by atomic mass is 16.5. The van der Waals surface area contributed by atoms with E-state index in [1.807, 2.05) is 18.2 Å². The molecule has 0 aliphatic carbocycles. The minimum absolute atomic E-state index is 0.0374. The Hall–Kier alpha value is -2.82. The maximum Gasteiger partial charge on any atom is 0.216 e. The summed E-state index contributed by atoms with van der Waals surface area (Å²) in [6.07, 6.45) is 4.06. The lowest BCUT2D eigenvalue weighted by Crippen LogP contribution is -2.20. The van der Waals surface area contributed by atoms with Crippen LogP contribution in [0.4, 0.5) is 0 Å². The number of carbonyl (C=O) groups is 1. The third kappa shape index (κ3) is 5.59. The fraction of sp³-hybridized carbons (Fsp3) is 0.391. The Kier molecular flexibility index (Phi) is 7.06. The minimum Gasteiger partial charge on any atom is -0.492 e. The highest BCUT2D eigenvalue weighted by Gasteiger charge is 2.10. The van der Waals surface area contributed by atoms with Crippen molar-refractivity contribution in [1.29, 1.82) is 0 Å². The zero-order chi connectivity index (χ0) is 19.8. The van der Waals surface area contributed by atoms with E-state index in [1.165, 1.54) is 5.56 Å². The first-order chi connectivity index (χ1) is 13.6. The van der Waals surface area contributed by atoms with Gasteiger partial charge in [-0.2, -0.15) is 0 Å². The third-order valence-electron chi connectivity index (χ3n) is 4.76. The van der Waals surface area contributed by atoms with Gasteiger partial charge in [0.15, 0.2) is 0 Å². The van der Waals surface area contributed by atoms with Crippen molar-refractivity contribution in [2.45, 2.75) is 46.1 Å². The number of hydrogen-bond donors (Lipinski definition) is 1. The van der Waals surface area contributed by atoms with Crippen molar-refractivity contribution in [3.05, 3.63) is 59.9 Å². The second kappa shape index (κ2) is 9.93. The zero-order valence-corrected chi connectivity index (χ0v) is 16.8. The lowest BCUT2D eigenvalue weighted by molar-refractivity contribution is -0.118. The molecule has 0 spiro atoms. The summed E-state index contributed by atoms with van der Waals surface area (Å²) in [4.78, 5) is 15.8. The number of hydrogen-bond acceptors (Lipinski definition) is 3. The Labute approximate surface area is 166 Å². The highest BCUT2D eigenvalue weighted by molar-refractivity contribution is 5.75. The number of carbonyl (C=O) groups excluding carboxylic acids is 1. The molecule has 148 valence electrons. The molecule has 0 fully saturated rings. The summed E-state index contributed by atoms with van der Waals surface area (Å²) in [7, 11) is 0. The van der Waals surface area contributed by atoms with Crippen LogP contribution in [0, 0.1) is 6.92 Å². The van der Waals surface area contributed by atoms with Crippen LogP contribution in [0.1, 0.15) is 37.6 Å². The summed E-state index contributed by atoms with van der Waals surface area (Å²) in [5, 5.41) is 2.85. The summed E-state index contributed by atoms with van der Waals surface area (Å²) in [5.41, 5.74) is 3.39. The number of unbranched alkanes of at least 4 members (excludes halogenated alkanes) is 2. The molecule has 0 saturated carbocycles. The molecule has 0 aliphatic heterocycles. The van der Waals surface area contributed by atoms with E-state index in [-0.39, 0.29) is 5.91 Å². The first kappa shape index (κ1) is 19.9. The standard InChI is InChI=1S/C23H29N3O2/c1-18-9-8-10-20(17-18)28-16-15-26-22-12-6-5-11-21(22)25-23(26)13-4-3-7-14-24-19(2)27/h5-6,8-12,17H,3-4,7,13-16H2,1-2H3,(H,24,27). The first-order valence-electron chi connectivity index (χ1n) is 10.0. The van der Waals surface area contributed by atoms with Gasteiger partial charge in [0.25, 0.3) is 0 Å². The van der Waals surface area contributed by atoms with Gasteiger partial charge in [0.05, 0.1) is 17.6 Å². The lowest BCUT2D eigenvalue weighted by Gasteiger charge is -2.11. The molecule has 5 nitrogen and oxygen atoms in total. The van der Waals surface area contributed by atoms with Crippen molar-refractivity contribution >= 4 is 16.9 Å². The number of nitrogens with zero attached hydrogens (tertiary/aromatic N) is 2. The van der Waals surface area contributed by atoms with E-state index < -0.39 is 0 Å². The molecule has 1 N–H and O–H groups in total. The van der Waals surface area contributed by atoms with E-state index in [9.17, 15) is 4.79 Å². The molecular weight excluding hydrogens is 350 g/mol. The Bertz CT molecular complexity index is 917. The molecule has 0 atom stereocenters. The van der Waals surface area contributed by atoms with Crippen molar-refractivity contribution in [2.75, 3.05) is 13.2 Å². The summed E-state index contributed by atoms with van der Waals surface area (Å²) in [6, 6.07) is 16.4. The van der Waals surface area contributed by atoms with Gasteiger partial charge in [-0.15, -0.1) is 0 Å². The van der Waals surface area contributed by atoms with Gasteiger partial charge in [-0.05, 0) is 49.6 Å². The number of aromatic nitrogens is 2.